The van der Waals surface area contributed by atoms with Gasteiger partial charge in [0, 0.05) is 17.1 Å². The zero-order valence-corrected chi connectivity index (χ0v) is 17.0. The summed E-state index contributed by atoms with van der Waals surface area (Å²) in [5.41, 5.74) is 3.80. The van der Waals surface area contributed by atoms with Crippen LogP contribution in [0, 0.1) is 0 Å². The van der Waals surface area contributed by atoms with Gasteiger partial charge in [0.05, 0.1) is 17.8 Å². The van der Waals surface area contributed by atoms with E-state index in [0.29, 0.717) is 16.6 Å². The first-order valence-corrected chi connectivity index (χ1v) is 10.6. The molecule has 1 radical (unpaired) electrons. The van der Waals surface area contributed by atoms with Gasteiger partial charge in [-0.25, -0.2) is 4.98 Å². The average molecular weight is 405 g/mol. The fraction of sp³-hybridized carbons (Fsp3) is 0.286. The second kappa shape index (κ2) is 8.65. The van der Waals surface area contributed by atoms with E-state index in [9.17, 15) is 9.59 Å². The summed E-state index contributed by atoms with van der Waals surface area (Å²) >= 11 is 1.38. The van der Waals surface area contributed by atoms with E-state index < -0.39 is 0 Å². The van der Waals surface area contributed by atoms with E-state index in [1.54, 1.807) is 22.9 Å². The summed E-state index contributed by atoms with van der Waals surface area (Å²) < 4.78 is 1.78. The molecule has 147 valence electrons. The van der Waals surface area contributed by atoms with E-state index in [-0.39, 0.29) is 18.4 Å². The Hall–Kier alpha value is -2.87. The molecule has 8 heteroatoms. The Morgan fingerprint density at radius 3 is 2.90 bits per heavy atom. The van der Waals surface area contributed by atoms with E-state index in [1.807, 2.05) is 25.7 Å². The number of nitrogens with one attached hydrogen (secondary N) is 2. The van der Waals surface area contributed by atoms with Crippen molar-refractivity contribution in [2.24, 2.45) is 0 Å². The van der Waals surface area contributed by atoms with Gasteiger partial charge in [-0.1, -0.05) is 31.4 Å². The summed E-state index contributed by atoms with van der Waals surface area (Å²) in [5, 5.41) is 7.85. The van der Waals surface area contributed by atoms with Crippen molar-refractivity contribution in [3.63, 3.8) is 0 Å². The number of amides is 2. The third-order valence-electron chi connectivity index (χ3n) is 5.19. The maximum Gasteiger partial charge on any atom is 0.253 e. The van der Waals surface area contributed by atoms with Crippen LogP contribution in [0.3, 0.4) is 0 Å². The third-order valence-corrected chi connectivity index (χ3v) is 5.95. The van der Waals surface area contributed by atoms with Gasteiger partial charge in [-0.05, 0) is 42.7 Å². The second-order valence-electron chi connectivity index (χ2n) is 7.13. The highest BCUT2D eigenvalue weighted by atomic mass is 32.1. The Morgan fingerprint density at radius 2 is 2.17 bits per heavy atom. The Labute approximate surface area is 174 Å². The van der Waals surface area contributed by atoms with Crippen molar-refractivity contribution in [1.82, 2.24) is 14.8 Å². The number of aromatic nitrogens is 2. The van der Waals surface area contributed by atoms with Crippen molar-refractivity contribution in [2.45, 2.75) is 32.0 Å². The molecule has 0 saturated heterocycles. The zero-order chi connectivity index (χ0) is 20.2. The molecular formula is C21H22BN4O2S. The van der Waals surface area contributed by atoms with Crippen molar-refractivity contribution in [2.75, 3.05) is 11.9 Å². The molecule has 1 aliphatic rings. The standard InChI is InChI=1S/C21H22BN4O2S/c1-22-26-9-8-17(12-26)20(28)23-11-19(27)25-21-24-18(13-29-21)16-7-3-6-15(10-16)14-4-2-5-14/h3,6-10,12-14H,2,4-5,11H2,1H3,(H,23,28)(H,24,25,27). The first-order chi connectivity index (χ1) is 14.1. The first-order valence-electron chi connectivity index (χ1n) is 9.73. The molecule has 0 aliphatic heterocycles. The van der Waals surface area contributed by atoms with Gasteiger partial charge in [-0.3, -0.25) is 9.59 Å². The number of anilines is 1. The van der Waals surface area contributed by atoms with Crippen LogP contribution in [0.1, 0.15) is 41.1 Å². The van der Waals surface area contributed by atoms with Gasteiger partial charge >= 0.3 is 0 Å². The summed E-state index contributed by atoms with van der Waals surface area (Å²) in [6.45, 7) is 1.77. The molecule has 29 heavy (non-hydrogen) atoms. The highest BCUT2D eigenvalue weighted by Gasteiger charge is 2.20. The molecule has 3 aromatic rings. The second-order valence-corrected chi connectivity index (χ2v) is 7.99. The van der Waals surface area contributed by atoms with Gasteiger partial charge in [0.1, 0.15) is 0 Å². The van der Waals surface area contributed by atoms with E-state index in [0.717, 1.165) is 11.3 Å². The lowest BCUT2D eigenvalue weighted by molar-refractivity contribution is -0.115. The molecule has 1 saturated carbocycles. The van der Waals surface area contributed by atoms with Gasteiger partial charge < -0.3 is 15.1 Å². The molecule has 2 N–H and O–H groups in total. The van der Waals surface area contributed by atoms with Crippen LogP contribution < -0.4 is 10.6 Å². The van der Waals surface area contributed by atoms with Gasteiger partial charge in [0.25, 0.3) is 5.91 Å². The molecule has 0 atom stereocenters. The van der Waals surface area contributed by atoms with Crippen LogP contribution >= 0.6 is 11.3 Å². The van der Waals surface area contributed by atoms with Crippen LogP contribution in [-0.4, -0.2) is 35.2 Å². The Balaban J connectivity index is 1.32. The average Bonchev–Trinajstić information content (AvgIpc) is 3.34. The number of hydrogen-bond acceptors (Lipinski definition) is 4. The first kappa shape index (κ1) is 19.5. The molecule has 1 aromatic carbocycles. The summed E-state index contributed by atoms with van der Waals surface area (Å²) in [6, 6.07) is 10.2. The largest absolute Gasteiger partial charge is 0.402 e. The lowest BCUT2D eigenvalue weighted by Gasteiger charge is -2.26. The number of thiazole rings is 1. The van der Waals surface area contributed by atoms with Crippen molar-refractivity contribution < 1.29 is 9.59 Å². The quantitative estimate of drug-likeness (QED) is 0.588. The highest BCUT2D eigenvalue weighted by molar-refractivity contribution is 7.14. The van der Waals surface area contributed by atoms with E-state index >= 15 is 0 Å². The summed E-state index contributed by atoms with van der Waals surface area (Å²) in [7, 11) is 1.84. The molecule has 0 spiro atoms. The smallest absolute Gasteiger partial charge is 0.253 e. The maximum absolute atomic E-state index is 12.2. The van der Waals surface area contributed by atoms with Crippen molar-refractivity contribution in [3.05, 3.63) is 59.2 Å². The van der Waals surface area contributed by atoms with Crippen LogP contribution in [-0.2, 0) is 4.79 Å². The number of nitrogens with zero attached hydrogens (tertiary/aromatic N) is 2. The summed E-state index contributed by atoms with van der Waals surface area (Å²) in [5.74, 6) is 0.0841. The van der Waals surface area contributed by atoms with Gasteiger partial charge in [0.2, 0.25) is 13.3 Å². The molecule has 2 amide bonds. The molecule has 4 rings (SSSR count). The number of benzene rings is 1. The van der Waals surface area contributed by atoms with Gasteiger partial charge in [-0.2, -0.15) is 0 Å². The normalized spacial score (nSPS) is 13.6. The zero-order valence-electron chi connectivity index (χ0n) is 16.2. The number of rotatable bonds is 7. The predicted molar refractivity (Wildman–Crippen MR) is 117 cm³/mol. The molecule has 0 bridgehead atoms. The Morgan fingerprint density at radius 1 is 1.31 bits per heavy atom. The van der Waals surface area contributed by atoms with Gasteiger partial charge in [-0.15, -0.1) is 11.3 Å². The minimum absolute atomic E-state index is 0.105. The molecule has 1 aliphatic carbocycles. The molecule has 0 unspecified atom stereocenters. The molecular weight excluding hydrogens is 383 g/mol. The number of carbonyl (C=O) groups is 2. The van der Waals surface area contributed by atoms with E-state index in [2.05, 4.69) is 33.8 Å². The SMILES string of the molecule is C[B]n1ccc(C(=O)NCC(=O)Nc2nc(-c3cccc(C4CCC4)c3)cs2)c1. The summed E-state index contributed by atoms with van der Waals surface area (Å²) in [6.07, 6.45) is 7.31. The third kappa shape index (κ3) is 4.59. The fourth-order valence-electron chi connectivity index (χ4n) is 3.29. The number of carbonyl (C=O) groups excluding carboxylic acids is 2. The molecule has 2 aromatic heterocycles. The predicted octanol–water partition coefficient (Wildman–Crippen LogP) is 3.76. The lowest BCUT2D eigenvalue weighted by atomic mass is 9.79. The monoisotopic (exact) mass is 405 g/mol. The van der Waals surface area contributed by atoms with Crippen molar-refractivity contribution in [3.8, 4) is 11.3 Å². The van der Waals surface area contributed by atoms with E-state index in [1.165, 1.54) is 36.2 Å². The van der Waals surface area contributed by atoms with Gasteiger partial charge in [0.15, 0.2) is 5.13 Å². The van der Waals surface area contributed by atoms with Crippen LogP contribution in [0.15, 0.2) is 48.1 Å². The van der Waals surface area contributed by atoms with Crippen LogP contribution in [0.2, 0.25) is 6.82 Å². The minimum Gasteiger partial charge on any atom is -0.402 e. The van der Waals surface area contributed by atoms with Crippen LogP contribution in [0.25, 0.3) is 11.3 Å². The fourth-order valence-corrected chi connectivity index (χ4v) is 4.03. The topological polar surface area (TPSA) is 76.0 Å². The van der Waals surface area contributed by atoms with Crippen LogP contribution in [0.5, 0.6) is 0 Å². The molecule has 2 heterocycles. The van der Waals surface area contributed by atoms with Crippen molar-refractivity contribution in [1.29, 1.82) is 0 Å². The van der Waals surface area contributed by atoms with Crippen LogP contribution in [0.4, 0.5) is 5.13 Å². The summed E-state index contributed by atoms with van der Waals surface area (Å²) in [4.78, 5) is 28.8. The molecule has 1 fully saturated rings. The Bertz CT molecular complexity index is 1030. The maximum atomic E-state index is 12.2. The molecule has 6 nitrogen and oxygen atoms in total. The Kier molecular flexibility index (Phi) is 5.80. The number of hydrogen-bond donors (Lipinski definition) is 2. The minimum atomic E-state index is -0.302. The van der Waals surface area contributed by atoms with Crippen molar-refractivity contribution >= 4 is 35.7 Å². The van der Waals surface area contributed by atoms with E-state index in [4.69, 9.17) is 0 Å². The highest BCUT2D eigenvalue weighted by Crippen LogP contribution is 2.37. The lowest BCUT2D eigenvalue weighted by Crippen LogP contribution is -2.32.